The van der Waals surface area contributed by atoms with E-state index < -0.39 is 12.2 Å². The number of aromatic nitrogens is 2. The van der Waals surface area contributed by atoms with Gasteiger partial charge >= 0.3 is 0 Å². The molecule has 4 rings (SSSR count). The molecule has 0 fully saturated rings. The number of aliphatic hydroxyl groups excluding tert-OH is 1. The van der Waals surface area contributed by atoms with Crippen LogP contribution in [0.5, 0.6) is 0 Å². The van der Waals surface area contributed by atoms with Crippen LogP contribution in [0.1, 0.15) is 34.7 Å². The average molecular weight is 367 g/mol. The first-order valence-electron chi connectivity index (χ1n) is 9.20. The van der Waals surface area contributed by atoms with E-state index in [9.17, 15) is 5.11 Å². The molecular formula is C21H25N3O3. The molecule has 0 bridgehead atoms. The lowest BCUT2D eigenvalue weighted by atomic mass is 9.89. The second-order valence-electron chi connectivity index (χ2n) is 6.93. The Labute approximate surface area is 158 Å². The van der Waals surface area contributed by atoms with Gasteiger partial charge in [0.1, 0.15) is 12.2 Å². The molecule has 6 heteroatoms. The van der Waals surface area contributed by atoms with E-state index in [4.69, 9.17) is 14.5 Å². The lowest BCUT2D eigenvalue weighted by Gasteiger charge is -2.38. The van der Waals surface area contributed by atoms with Gasteiger partial charge in [-0.1, -0.05) is 30.3 Å². The second-order valence-corrected chi connectivity index (χ2v) is 6.93. The number of nitrogens with zero attached hydrogens (tertiary/aromatic N) is 2. The molecule has 2 aromatic heterocycles. The van der Waals surface area contributed by atoms with E-state index in [0.717, 1.165) is 33.8 Å². The molecule has 3 aromatic rings. The number of aliphatic hydroxyl groups is 1. The predicted molar refractivity (Wildman–Crippen MR) is 104 cm³/mol. The highest BCUT2D eigenvalue weighted by Crippen LogP contribution is 2.42. The molecule has 0 unspecified atom stereocenters. The molecule has 0 saturated heterocycles. The van der Waals surface area contributed by atoms with Gasteiger partial charge in [0, 0.05) is 24.6 Å². The van der Waals surface area contributed by atoms with Crippen molar-refractivity contribution in [2.75, 3.05) is 25.6 Å². The second kappa shape index (κ2) is 7.31. The first kappa shape index (κ1) is 18.0. The zero-order valence-corrected chi connectivity index (χ0v) is 15.8. The molecule has 0 aliphatic carbocycles. The normalized spacial score (nSPS) is 21.9. The average Bonchev–Trinajstić information content (AvgIpc) is 2.98. The maximum Gasteiger partial charge on any atom is 0.161 e. The molecule has 0 amide bonds. The first-order chi connectivity index (χ1) is 13.1. The van der Waals surface area contributed by atoms with Gasteiger partial charge < -0.3 is 24.3 Å². The van der Waals surface area contributed by atoms with Crippen molar-refractivity contribution in [3.05, 3.63) is 65.1 Å². The van der Waals surface area contributed by atoms with Crippen LogP contribution in [0.25, 0.3) is 5.65 Å². The van der Waals surface area contributed by atoms with Crippen molar-refractivity contribution in [2.24, 2.45) is 0 Å². The number of anilines is 1. The Morgan fingerprint density at radius 1 is 1.15 bits per heavy atom. The lowest BCUT2D eigenvalue weighted by molar-refractivity contribution is -0.0652. The van der Waals surface area contributed by atoms with Crippen molar-refractivity contribution < 1.29 is 14.6 Å². The van der Waals surface area contributed by atoms with E-state index >= 15 is 0 Å². The van der Waals surface area contributed by atoms with E-state index in [1.807, 2.05) is 56.4 Å². The van der Waals surface area contributed by atoms with Crippen molar-refractivity contribution in [1.82, 2.24) is 9.38 Å². The number of nitrogens with one attached hydrogen (secondary N) is 1. The quantitative estimate of drug-likeness (QED) is 0.678. The van der Waals surface area contributed by atoms with Crippen LogP contribution in [0.4, 0.5) is 5.69 Å². The van der Waals surface area contributed by atoms with Crippen LogP contribution in [0.2, 0.25) is 0 Å². The van der Waals surface area contributed by atoms with E-state index in [1.165, 1.54) is 0 Å². The summed E-state index contributed by atoms with van der Waals surface area (Å²) >= 11 is 0. The molecular weight excluding hydrogens is 342 g/mol. The number of ether oxygens (including phenoxy) is 2. The van der Waals surface area contributed by atoms with E-state index in [1.54, 1.807) is 7.11 Å². The summed E-state index contributed by atoms with van der Waals surface area (Å²) in [5, 5.41) is 14.7. The molecule has 142 valence electrons. The minimum Gasteiger partial charge on any atom is -0.386 e. The van der Waals surface area contributed by atoms with Crippen molar-refractivity contribution >= 4 is 11.3 Å². The van der Waals surface area contributed by atoms with Crippen LogP contribution >= 0.6 is 0 Å². The SMILES string of the molecule is COCCO[C@H]1[C@H](O)c2ccn3c(C)c(C)nc3c2N[C@@H]1c1ccccc1. The Morgan fingerprint density at radius 3 is 2.67 bits per heavy atom. The van der Waals surface area contributed by atoms with E-state index in [0.29, 0.717) is 13.2 Å². The number of rotatable bonds is 5. The third-order valence-corrected chi connectivity index (χ3v) is 5.32. The summed E-state index contributed by atoms with van der Waals surface area (Å²) < 4.78 is 13.2. The number of fused-ring (bicyclic) bond motifs is 3. The summed E-state index contributed by atoms with van der Waals surface area (Å²) in [4.78, 5) is 4.72. The van der Waals surface area contributed by atoms with Crippen LogP contribution in [-0.4, -0.2) is 40.9 Å². The highest BCUT2D eigenvalue weighted by Gasteiger charge is 2.38. The third-order valence-electron chi connectivity index (χ3n) is 5.32. The zero-order chi connectivity index (χ0) is 19.0. The smallest absolute Gasteiger partial charge is 0.161 e. The summed E-state index contributed by atoms with van der Waals surface area (Å²) in [5.41, 5.74) is 5.64. The van der Waals surface area contributed by atoms with Crippen LogP contribution in [0.15, 0.2) is 42.6 Å². The molecule has 6 nitrogen and oxygen atoms in total. The summed E-state index contributed by atoms with van der Waals surface area (Å²) in [6, 6.07) is 11.8. The Balaban J connectivity index is 1.80. The summed E-state index contributed by atoms with van der Waals surface area (Å²) in [6.45, 7) is 4.95. The molecule has 3 heterocycles. The minimum absolute atomic E-state index is 0.186. The van der Waals surface area contributed by atoms with Gasteiger partial charge in [-0.05, 0) is 25.5 Å². The Morgan fingerprint density at radius 2 is 1.93 bits per heavy atom. The first-order valence-corrected chi connectivity index (χ1v) is 9.20. The topological polar surface area (TPSA) is 68.0 Å². The van der Waals surface area contributed by atoms with Gasteiger partial charge in [0.2, 0.25) is 0 Å². The molecule has 3 atom stereocenters. The standard InChI is InChI=1S/C21H25N3O3/c1-13-14(2)24-10-9-16-18(21(24)22-13)23-17(15-7-5-4-6-8-15)20(19(16)25)27-12-11-26-3/h4-10,17,19-20,23,25H,11-12H2,1-3H3/t17-,19-,20-/m1/s1. The fourth-order valence-electron chi connectivity index (χ4n) is 3.73. The summed E-state index contributed by atoms with van der Waals surface area (Å²) in [7, 11) is 1.64. The minimum atomic E-state index is -0.759. The van der Waals surface area contributed by atoms with Crippen molar-refractivity contribution in [3.63, 3.8) is 0 Å². The van der Waals surface area contributed by atoms with Crippen LogP contribution < -0.4 is 5.32 Å². The van der Waals surface area contributed by atoms with Crippen LogP contribution in [0, 0.1) is 13.8 Å². The van der Waals surface area contributed by atoms with Gasteiger partial charge in [-0.2, -0.15) is 0 Å². The van der Waals surface area contributed by atoms with Gasteiger partial charge in [0.15, 0.2) is 5.65 Å². The lowest BCUT2D eigenvalue weighted by Crippen LogP contribution is -2.39. The van der Waals surface area contributed by atoms with Gasteiger partial charge in [-0.3, -0.25) is 0 Å². The monoisotopic (exact) mass is 367 g/mol. The zero-order valence-electron chi connectivity index (χ0n) is 15.8. The number of aryl methyl sites for hydroxylation is 2. The molecule has 2 N–H and O–H groups in total. The van der Waals surface area contributed by atoms with Gasteiger partial charge in [-0.15, -0.1) is 0 Å². The molecule has 0 saturated carbocycles. The third kappa shape index (κ3) is 3.10. The molecule has 1 aliphatic heterocycles. The summed E-state index contributed by atoms with van der Waals surface area (Å²) in [5.74, 6) is 0. The number of hydrogen-bond donors (Lipinski definition) is 2. The number of hydrogen-bond acceptors (Lipinski definition) is 5. The van der Waals surface area contributed by atoms with E-state index in [2.05, 4.69) is 9.72 Å². The van der Waals surface area contributed by atoms with E-state index in [-0.39, 0.29) is 6.04 Å². The largest absolute Gasteiger partial charge is 0.386 e. The van der Waals surface area contributed by atoms with Crippen LogP contribution in [0.3, 0.4) is 0 Å². The highest BCUT2D eigenvalue weighted by molar-refractivity contribution is 5.75. The Hall–Kier alpha value is -2.41. The number of benzene rings is 1. The highest BCUT2D eigenvalue weighted by atomic mass is 16.5. The van der Waals surface area contributed by atoms with Gasteiger partial charge in [0.25, 0.3) is 0 Å². The molecule has 27 heavy (non-hydrogen) atoms. The molecule has 1 aliphatic rings. The van der Waals surface area contributed by atoms with Gasteiger partial charge in [0.05, 0.1) is 30.6 Å². The predicted octanol–water partition coefficient (Wildman–Crippen LogP) is 3.18. The van der Waals surface area contributed by atoms with Crippen molar-refractivity contribution in [3.8, 4) is 0 Å². The Bertz CT molecular complexity index is 939. The number of pyridine rings is 1. The van der Waals surface area contributed by atoms with Gasteiger partial charge in [-0.25, -0.2) is 4.98 Å². The molecule has 0 spiro atoms. The Kier molecular flexibility index (Phi) is 4.86. The van der Waals surface area contributed by atoms with Crippen LogP contribution in [-0.2, 0) is 9.47 Å². The molecule has 0 radical (unpaired) electrons. The number of imidazole rings is 1. The summed E-state index contributed by atoms with van der Waals surface area (Å²) in [6.07, 6.45) is 0.781. The maximum atomic E-state index is 11.1. The number of methoxy groups -OCH3 is 1. The van der Waals surface area contributed by atoms with Crippen molar-refractivity contribution in [1.29, 1.82) is 0 Å². The van der Waals surface area contributed by atoms with Crippen molar-refractivity contribution in [2.45, 2.75) is 32.1 Å². The molecule has 1 aromatic carbocycles. The maximum absolute atomic E-state index is 11.1. The fourth-order valence-corrected chi connectivity index (χ4v) is 3.73. The fraction of sp³-hybridized carbons (Fsp3) is 0.381.